The maximum Gasteiger partial charge on any atom is 0.270 e. The minimum absolute atomic E-state index is 0.0216. The molecule has 3 aromatic rings. The van der Waals surface area contributed by atoms with Crippen LogP contribution in [0, 0.1) is 10.1 Å². The number of nitro groups is 1. The number of nitrogens with one attached hydrogen (secondary N) is 1. The van der Waals surface area contributed by atoms with Crippen molar-refractivity contribution in [2.45, 2.75) is 10.1 Å². The lowest BCUT2D eigenvalue weighted by Gasteiger charge is -1.94. The van der Waals surface area contributed by atoms with Crippen LogP contribution in [0.4, 0.5) is 10.8 Å². The summed E-state index contributed by atoms with van der Waals surface area (Å²) >= 11 is 2.84. The van der Waals surface area contributed by atoms with Crippen molar-refractivity contribution in [3.63, 3.8) is 0 Å². The van der Waals surface area contributed by atoms with Crippen LogP contribution in [0.25, 0.3) is 11.4 Å². The first-order valence-electron chi connectivity index (χ1n) is 7.04. The largest absolute Gasteiger partial charge is 0.357 e. The van der Waals surface area contributed by atoms with E-state index >= 15 is 0 Å². The summed E-state index contributed by atoms with van der Waals surface area (Å²) < 4.78 is 5.95. The molecule has 1 aromatic carbocycles. The Labute approximate surface area is 150 Å². The molecule has 2 aromatic heterocycles. The first-order valence-corrected chi connectivity index (χ1v) is 8.84. The standard InChI is InChI=1S/C14H12N6O3S2/c1-2-6-15-13-17-18-14(25-13)24-8-11-16-12(19-23-11)9-4-3-5-10(7-9)20(21)22/h2-5,7H,1,6,8H2,(H,15,17). The summed E-state index contributed by atoms with van der Waals surface area (Å²) in [6, 6.07) is 6.09. The SMILES string of the molecule is C=CCNc1nnc(SCc2nc(-c3cccc([N+](=O)[O-])c3)no2)s1. The smallest absolute Gasteiger partial charge is 0.270 e. The molecule has 0 fully saturated rings. The van der Waals surface area contributed by atoms with E-state index in [4.69, 9.17) is 4.52 Å². The number of aromatic nitrogens is 4. The van der Waals surface area contributed by atoms with Gasteiger partial charge in [0.25, 0.3) is 5.69 Å². The minimum Gasteiger partial charge on any atom is -0.357 e. The normalized spacial score (nSPS) is 10.6. The number of nitrogens with zero attached hydrogens (tertiary/aromatic N) is 5. The van der Waals surface area contributed by atoms with Gasteiger partial charge in [0.05, 0.1) is 10.7 Å². The van der Waals surface area contributed by atoms with Crippen LogP contribution in [0.2, 0.25) is 0 Å². The summed E-state index contributed by atoms with van der Waals surface area (Å²) in [6.45, 7) is 4.25. The molecule has 3 rings (SSSR count). The topological polar surface area (TPSA) is 120 Å². The monoisotopic (exact) mass is 376 g/mol. The molecule has 0 spiro atoms. The molecule has 0 unspecified atom stereocenters. The molecule has 0 saturated carbocycles. The molecular formula is C14H12N6O3S2. The van der Waals surface area contributed by atoms with Crippen molar-refractivity contribution in [1.29, 1.82) is 0 Å². The molecular weight excluding hydrogens is 364 g/mol. The fraction of sp³-hybridized carbons (Fsp3) is 0.143. The van der Waals surface area contributed by atoms with E-state index in [-0.39, 0.29) is 5.69 Å². The summed E-state index contributed by atoms with van der Waals surface area (Å²) in [5.74, 6) is 1.14. The highest BCUT2D eigenvalue weighted by molar-refractivity contribution is 8.00. The molecule has 0 aliphatic rings. The highest BCUT2D eigenvalue weighted by Gasteiger charge is 2.13. The second-order valence-electron chi connectivity index (χ2n) is 4.65. The van der Waals surface area contributed by atoms with Crippen molar-refractivity contribution in [3.8, 4) is 11.4 Å². The molecule has 0 aliphatic carbocycles. The van der Waals surface area contributed by atoms with Gasteiger partial charge in [-0.15, -0.1) is 16.8 Å². The van der Waals surface area contributed by atoms with E-state index in [9.17, 15) is 10.1 Å². The van der Waals surface area contributed by atoms with E-state index in [0.29, 0.717) is 34.7 Å². The fourth-order valence-corrected chi connectivity index (χ4v) is 3.41. The van der Waals surface area contributed by atoms with Crippen molar-refractivity contribution in [1.82, 2.24) is 20.3 Å². The van der Waals surface area contributed by atoms with Crippen LogP contribution in [0.1, 0.15) is 5.89 Å². The van der Waals surface area contributed by atoms with Gasteiger partial charge in [0.15, 0.2) is 4.34 Å². The van der Waals surface area contributed by atoms with Crippen molar-refractivity contribution in [2.24, 2.45) is 0 Å². The highest BCUT2D eigenvalue weighted by atomic mass is 32.2. The summed E-state index contributed by atoms with van der Waals surface area (Å²) in [7, 11) is 0. The Morgan fingerprint density at radius 2 is 2.32 bits per heavy atom. The van der Waals surface area contributed by atoms with Gasteiger partial charge >= 0.3 is 0 Å². The third-order valence-electron chi connectivity index (χ3n) is 2.91. The van der Waals surface area contributed by atoms with Crippen LogP contribution in [0.5, 0.6) is 0 Å². The van der Waals surface area contributed by atoms with Gasteiger partial charge in [-0.2, -0.15) is 4.98 Å². The number of anilines is 1. The van der Waals surface area contributed by atoms with Gasteiger partial charge in [-0.05, 0) is 0 Å². The highest BCUT2D eigenvalue weighted by Crippen LogP contribution is 2.28. The minimum atomic E-state index is -0.464. The Hall–Kier alpha value is -2.79. The second kappa shape index (κ2) is 7.85. The predicted molar refractivity (Wildman–Crippen MR) is 94.5 cm³/mol. The zero-order valence-electron chi connectivity index (χ0n) is 12.8. The van der Waals surface area contributed by atoms with Crippen LogP contribution < -0.4 is 5.32 Å². The maximum atomic E-state index is 10.8. The molecule has 1 N–H and O–H groups in total. The van der Waals surface area contributed by atoms with Gasteiger partial charge in [-0.1, -0.05) is 46.5 Å². The maximum absolute atomic E-state index is 10.8. The Balaban J connectivity index is 1.64. The van der Waals surface area contributed by atoms with Crippen LogP contribution >= 0.6 is 23.1 Å². The average molecular weight is 376 g/mol. The number of rotatable bonds is 8. The van der Waals surface area contributed by atoms with Crippen LogP contribution in [-0.2, 0) is 5.75 Å². The first-order chi connectivity index (χ1) is 12.2. The van der Waals surface area contributed by atoms with Crippen molar-refractivity contribution in [2.75, 3.05) is 11.9 Å². The second-order valence-corrected chi connectivity index (χ2v) is 6.85. The van der Waals surface area contributed by atoms with Gasteiger partial charge in [-0.25, -0.2) is 0 Å². The lowest BCUT2D eigenvalue weighted by atomic mass is 10.2. The molecule has 128 valence electrons. The number of hydrogen-bond donors (Lipinski definition) is 1. The Kier molecular flexibility index (Phi) is 5.36. The Morgan fingerprint density at radius 3 is 3.12 bits per heavy atom. The van der Waals surface area contributed by atoms with Gasteiger partial charge in [-0.3, -0.25) is 10.1 Å². The molecule has 25 heavy (non-hydrogen) atoms. The zero-order valence-corrected chi connectivity index (χ0v) is 14.4. The van der Waals surface area contributed by atoms with Gasteiger partial charge < -0.3 is 9.84 Å². The summed E-state index contributed by atoms with van der Waals surface area (Å²) in [6.07, 6.45) is 1.74. The number of hydrogen-bond acceptors (Lipinski definition) is 10. The van der Waals surface area contributed by atoms with Crippen LogP contribution in [-0.4, -0.2) is 31.8 Å². The molecule has 0 radical (unpaired) electrons. The molecule has 9 nitrogen and oxygen atoms in total. The molecule has 0 atom stereocenters. The van der Waals surface area contributed by atoms with E-state index in [2.05, 4.69) is 32.2 Å². The van der Waals surface area contributed by atoms with Crippen LogP contribution in [0.15, 0.2) is 45.8 Å². The Morgan fingerprint density at radius 1 is 1.44 bits per heavy atom. The third kappa shape index (κ3) is 4.39. The van der Waals surface area contributed by atoms with E-state index in [1.165, 1.54) is 35.2 Å². The average Bonchev–Trinajstić information content (AvgIpc) is 3.27. The van der Waals surface area contributed by atoms with Crippen molar-refractivity contribution >= 4 is 33.9 Å². The lowest BCUT2D eigenvalue weighted by Crippen LogP contribution is -1.96. The molecule has 0 amide bonds. The number of nitro benzene ring substituents is 1. The summed E-state index contributed by atoms with van der Waals surface area (Å²) in [5, 5.41) is 26.5. The molecule has 2 heterocycles. The van der Waals surface area contributed by atoms with Crippen molar-refractivity contribution < 1.29 is 9.45 Å². The van der Waals surface area contributed by atoms with Gasteiger partial charge in [0, 0.05) is 24.2 Å². The van der Waals surface area contributed by atoms with Gasteiger partial charge in [0.2, 0.25) is 16.8 Å². The lowest BCUT2D eigenvalue weighted by molar-refractivity contribution is -0.384. The van der Waals surface area contributed by atoms with E-state index in [1.807, 2.05) is 0 Å². The van der Waals surface area contributed by atoms with Gasteiger partial charge in [0.1, 0.15) is 0 Å². The summed E-state index contributed by atoms with van der Waals surface area (Å²) in [5.41, 5.74) is 0.507. The van der Waals surface area contributed by atoms with Crippen LogP contribution in [0.3, 0.4) is 0 Å². The summed E-state index contributed by atoms with van der Waals surface area (Å²) in [4.78, 5) is 14.6. The van der Waals surface area contributed by atoms with E-state index < -0.39 is 4.92 Å². The molecule has 0 aliphatic heterocycles. The molecule has 0 saturated heterocycles. The number of non-ortho nitro benzene ring substituents is 1. The molecule has 11 heteroatoms. The zero-order chi connectivity index (χ0) is 17.6. The number of thioether (sulfide) groups is 1. The fourth-order valence-electron chi connectivity index (χ4n) is 1.81. The quantitative estimate of drug-likeness (QED) is 0.273. The molecule has 0 bridgehead atoms. The third-order valence-corrected chi connectivity index (χ3v) is 4.91. The van der Waals surface area contributed by atoms with Crippen molar-refractivity contribution in [3.05, 3.63) is 52.9 Å². The van der Waals surface area contributed by atoms with E-state index in [1.54, 1.807) is 18.2 Å². The van der Waals surface area contributed by atoms with E-state index in [0.717, 1.165) is 4.34 Å². The number of benzene rings is 1. The predicted octanol–water partition coefficient (Wildman–Crippen LogP) is 3.39. The Bertz CT molecular complexity index is 894. The first kappa shape index (κ1) is 17.0.